The average molecular weight is 495 g/mol. The molecule has 2 aromatic carbocycles. The van der Waals surface area contributed by atoms with Crippen molar-refractivity contribution >= 4 is 5.71 Å². The van der Waals surface area contributed by atoms with E-state index >= 15 is 0 Å². The number of aliphatic hydroxyl groups excluding tert-OH is 1. The van der Waals surface area contributed by atoms with Gasteiger partial charge in [0.15, 0.2) is 6.10 Å². The Balaban J connectivity index is 2.41. The lowest BCUT2D eigenvalue weighted by atomic mass is 10.0. The molecule has 1 N–H and O–H groups in total. The van der Waals surface area contributed by atoms with Crippen LogP contribution in [-0.2, 0) is 0 Å². The van der Waals surface area contributed by atoms with Gasteiger partial charge in [-0.05, 0) is 30.7 Å². The first-order valence-corrected chi connectivity index (χ1v) is 10.4. The van der Waals surface area contributed by atoms with E-state index in [1.807, 2.05) is 6.92 Å². The molecule has 0 bridgehead atoms. The van der Waals surface area contributed by atoms with Crippen molar-refractivity contribution in [1.29, 1.82) is 0 Å². The molecule has 11 heteroatoms. The van der Waals surface area contributed by atoms with Crippen LogP contribution in [0.4, 0.5) is 30.7 Å². The number of alkyl halides is 7. The van der Waals surface area contributed by atoms with Gasteiger partial charge in [0, 0.05) is 11.1 Å². The first kappa shape index (κ1) is 27.4. The largest absolute Gasteiger partial charge is 0.494 e. The van der Waals surface area contributed by atoms with Crippen LogP contribution in [0.3, 0.4) is 0 Å². The summed E-state index contributed by atoms with van der Waals surface area (Å²) in [6.07, 6.45) is -13.8. The lowest BCUT2D eigenvalue weighted by Crippen LogP contribution is -2.33. The van der Waals surface area contributed by atoms with Gasteiger partial charge in [-0.25, -0.2) is 0 Å². The minimum Gasteiger partial charge on any atom is -0.494 e. The first-order chi connectivity index (χ1) is 15.9. The Kier molecular flexibility index (Phi) is 9.72. The molecule has 0 amide bonds. The number of aliphatic imine (C=N–C) groups is 1. The van der Waals surface area contributed by atoms with Crippen molar-refractivity contribution in [3.05, 3.63) is 59.7 Å². The fraction of sp³-hybridized carbons (Fsp3) is 0.435. The molecule has 2 aromatic rings. The predicted molar refractivity (Wildman–Crippen MR) is 112 cm³/mol. The summed E-state index contributed by atoms with van der Waals surface area (Å²) in [4.78, 5) is 3.85. The summed E-state index contributed by atoms with van der Waals surface area (Å²) in [6, 6.07) is 10.7. The molecule has 34 heavy (non-hydrogen) atoms. The smallest absolute Gasteiger partial charge is 0.461 e. The van der Waals surface area contributed by atoms with Gasteiger partial charge in [-0.1, -0.05) is 44.0 Å². The zero-order valence-corrected chi connectivity index (χ0v) is 18.2. The highest BCUT2D eigenvalue weighted by Crippen LogP contribution is 2.29. The molecule has 0 saturated carbocycles. The molecular formula is C23H24F7NO3. The number of nitrogens with zero attached hydrogens (tertiary/aromatic N) is 1. The number of ether oxygens (including phenoxy) is 2. The number of benzene rings is 2. The summed E-state index contributed by atoms with van der Waals surface area (Å²) in [6.45, 7) is 1.36. The van der Waals surface area contributed by atoms with E-state index in [1.165, 1.54) is 24.3 Å². The Labute approximate surface area is 192 Å². The SMILES string of the molecule is CCCCCOc1cccc(C(=NCC(O)C(F)(F)F)c2cccc(OC(F)(F)C(F)F)c2)c1. The number of hydrogen-bond donors (Lipinski definition) is 1. The van der Waals surface area contributed by atoms with E-state index in [0.717, 1.165) is 31.4 Å². The second kappa shape index (κ2) is 12.0. The fourth-order valence-electron chi connectivity index (χ4n) is 2.81. The summed E-state index contributed by atoms with van der Waals surface area (Å²) in [5.41, 5.74) is 0.174. The van der Waals surface area contributed by atoms with Crippen LogP contribution >= 0.6 is 0 Å². The van der Waals surface area contributed by atoms with Crippen molar-refractivity contribution in [3.63, 3.8) is 0 Å². The van der Waals surface area contributed by atoms with Crippen LogP contribution in [0.5, 0.6) is 11.5 Å². The summed E-state index contributed by atoms with van der Waals surface area (Å²) in [7, 11) is 0. The van der Waals surface area contributed by atoms with E-state index in [2.05, 4.69) is 9.73 Å². The van der Waals surface area contributed by atoms with Crippen molar-refractivity contribution < 1.29 is 45.3 Å². The van der Waals surface area contributed by atoms with Gasteiger partial charge in [-0.2, -0.15) is 30.7 Å². The van der Waals surface area contributed by atoms with Crippen molar-refractivity contribution in [3.8, 4) is 11.5 Å². The second-order valence-corrected chi connectivity index (χ2v) is 7.32. The van der Waals surface area contributed by atoms with Gasteiger partial charge in [0.05, 0.1) is 18.9 Å². The number of halogens is 7. The van der Waals surface area contributed by atoms with Crippen molar-refractivity contribution in [2.45, 2.75) is 51.0 Å². The summed E-state index contributed by atoms with van der Waals surface area (Å²) in [5, 5.41) is 9.35. The molecule has 4 nitrogen and oxygen atoms in total. The zero-order chi connectivity index (χ0) is 25.4. The van der Waals surface area contributed by atoms with E-state index in [1.54, 1.807) is 12.1 Å². The van der Waals surface area contributed by atoms with Crippen molar-refractivity contribution in [2.24, 2.45) is 4.99 Å². The molecule has 2 rings (SSSR count). The lowest BCUT2D eigenvalue weighted by molar-refractivity contribution is -0.253. The molecular weight excluding hydrogens is 471 g/mol. The van der Waals surface area contributed by atoms with E-state index in [4.69, 9.17) is 4.74 Å². The van der Waals surface area contributed by atoms with Crippen LogP contribution in [0.1, 0.15) is 37.3 Å². The third-order valence-corrected chi connectivity index (χ3v) is 4.54. The number of aliphatic hydroxyl groups is 1. The van der Waals surface area contributed by atoms with E-state index in [-0.39, 0.29) is 16.8 Å². The molecule has 0 aromatic heterocycles. The topological polar surface area (TPSA) is 51.0 Å². The summed E-state index contributed by atoms with van der Waals surface area (Å²) < 4.78 is 99.7. The van der Waals surface area contributed by atoms with Gasteiger partial charge >= 0.3 is 18.7 Å². The highest BCUT2D eigenvalue weighted by molar-refractivity contribution is 6.13. The van der Waals surface area contributed by atoms with Gasteiger partial charge in [0.2, 0.25) is 0 Å². The van der Waals surface area contributed by atoms with Crippen LogP contribution in [0, 0.1) is 0 Å². The average Bonchev–Trinajstić information content (AvgIpc) is 2.76. The Morgan fingerprint density at radius 1 is 0.941 bits per heavy atom. The molecule has 1 atom stereocenters. The highest BCUT2D eigenvalue weighted by Gasteiger charge is 2.44. The number of rotatable bonds is 12. The maximum absolute atomic E-state index is 13.3. The molecule has 188 valence electrons. The number of hydrogen-bond acceptors (Lipinski definition) is 4. The van der Waals surface area contributed by atoms with Gasteiger partial charge in [-0.15, -0.1) is 0 Å². The minimum atomic E-state index is -4.93. The maximum Gasteiger partial charge on any atom is 0.461 e. The Morgan fingerprint density at radius 3 is 2.09 bits per heavy atom. The third-order valence-electron chi connectivity index (χ3n) is 4.54. The van der Waals surface area contributed by atoms with Gasteiger partial charge in [-0.3, -0.25) is 4.99 Å². The Bertz CT molecular complexity index is 948. The molecule has 0 fully saturated rings. The predicted octanol–water partition coefficient (Wildman–Crippen LogP) is 6.25. The first-order valence-electron chi connectivity index (χ1n) is 10.4. The Morgan fingerprint density at radius 2 is 1.53 bits per heavy atom. The monoisotopic (exact) mass is 495 g/mol. The molecule has 0 aliphatic heterocycles. The standard InChI is InChI=1S/C23H24F7NO3/c1-2-3-4-11-33-17-9-5-7-15(12-17)20(31-14-19(32)22(26,27)28)16-8-6-10-18(13-16)34-23(29,30)21(24)25/h5-10,12-13,19,21,32H,2-4,11,14H2,1H3. The number of unbranched alkanes of at least 4 members (excludes halogenated alkanes) is 2. The summed E-state index contributed by atoms with van der Waals surface area (Å²) in [5.74, 6) is -0.242. The molecule has 0 aliphatic rings. The molecule has 0 heterocycles. The minimum absolute atomic E-state index is 0.0140. The fourth-order valence-corrected chi connectivity index (χ4v) is 2.81. The van der Waals surface area contributed by atoms with Gasteiger partial charge in [0.25, 0.3) is 0 Å². The van der Waals surface area contributed by atoms with Crippen molar-refractivity contribution in [1.82, 2.24) is 0 Å². The van der Waals surface area contributed by atoms with E-state index < -0.39 is 37.1 Å². The third kappa shape index (κ3) is 8.19. The molecule has 1 unspecified atom stereocenters. The van der Waals surface area contributed by atoms with E-state index in [9.17, 15) is 35.8 Å². The van der Waals surface area contributed by atoms with Crippen LogP contribution < -0.4 is 9.47 Å². The molecule has 0 saturated heterocycles. The zero-order valence-electron chi connectivity index (χ0n) is 18.2. The normalized spacial score (nSPS) is 13.8. The molecule has 0 spiro atoms. The highest BCUT2D eigenvalue weighted by atomic mass is 19.4. The maximum atomic E-state index is 13.3. The van der Waals surface area contributed by atoms with Crippen LogP contribution in [0.25, 0.3) is 0 Å². The van der Waals surface area contributed by atoms with Gasteiger partial charge < -0.3 is 14.6 Å². The van der Waals surface area contributed by atoms with E-state index in [0.29, 0.717) is 12.4 Å². The van der Waals surface area contributed by atoms with Crippen LogP contribution in [-0.4, -0.2) is 48.8 Å². The van der Waals surface area contributed by atoms with Crippen LogP contribution in [0.2, 0.25) is 0 Å². The quantitative estimate of drug-likeness (QED) is 0.215. The second-order valence-electron chi connectivity index (χ2n) is 7.32. The molecule has 0 radical (unpaired) electrons. The van der Waals surface area contributed by atoms with Crippen LogP contribution in [0.15, 0.2) is 53.5 Å². The molecule has 0 aliphatic carbocycles. The Hall–Kier alpha value is -2.82. The lowest BCUT2D eigenvalue weighted by Gasteiger charge is -2.18. The van der Waals surface area contributed by atoms with Crippen molar-refractivity contribution in [2.75, 3.05) is 13.2 Å². The van der Waals surface area contributed by atoms with Gasteiger partial charge in [0.1, 0.15) is 11.5 Å². The summed E-state index contributed by atoms with van der Waals surface area (Å²) >= 11 is 0.